The standard InChI is InChI=1S/C12H11F2NO2/c1-12(13,14)9-6-15(2)10-4-3-7(11(16)17)5-8(9)10/h3-6H,1-2H3,(H,16,17). The first-order chi connectivity index (χ1) is 7.80. The summed E-state index contributed by atoms with van der Waals surface area (Å²) in [5.74, 6) is -4.11. The fourth-order valence-corrected chi connectivity index (χ4v) is 1.87. The number of aromatic nitrogens is 1. The number of alkyl halides is 2. The molecule has 0 spiro atoms. The number of aryl methyl sites for hydroxylation is 1. The third kappa shape index (κ3) is 1.88. The van der Waals surface area contributed by atoms with Gasteiger partial charge in [-0.2, -0.15) is 0 Å². The SMILES string of the molecule is Cn1cc(C(C)(F)F)c2cc(C(=O)O)ccc21. The summed E-state index contributed by atoms with van der Waals surface area (Å²) in [6.45, 7) is 0.801. The van der Waals surface area contributed by atoms with E-state index in [1.807, 2.05) is 0 Å². The number of carboxylic acids is 1. The molecule has 0 amide bonds. The van der Waals surface area contributed by atoms with Gasteiger partial charge in [0.2, 0.25) is 0 Å². The number of halogens is 2. The van der Waals surface area contributed by atoms with Crippen LogP contribution in [0.15, 0.2) is 24.4 Å². The lowest BCUT2D eigenvalue weighted by Gasteiger charge is -2.08. The van der Waals surface area contributed by atoms with Crippen molar-refractivity contribution in [3.8, 4) is 0 Å². The highest BCUT2D eigenvalue weighted by Gasteiger charge is 2.28. The van der Waals surface area contributed by atoms with Gasteiger partial charge in [-0.3, -0.25) is 0 Å². The van der Waals surface area contributed by atoms with Crippen molar-refractivity contribution < 1.29 is 18.7 Å². The molecular formula is C12H11F2NO2. The van der Waals surface area contributed by atoms with Gasteiger partial charge in [-0.15, -0.1) is 0 Å². The molecule has 90 valence electrons. The number of hydrogen-bond acceptors (Lipinski definition) is 1. The van der Waals surface area contributed by atoms with Crippen LogP contribution in [0.5, 0.6) is 0 Å². The molecule has 0 aliphatic carbocycles. The summed E-state index contributed by atoms with van der Waals surface area (Å²) in [5, 5.41) is 9.13. The van der Waals surface area contributed by atoms with E-state index in [9.17, 15) is 13.6 Å². The lowest BCUT2D eigenvalue weighted by Crippen LogP contribution is -2.06. The Labute approximate surface area is 96.3 Å². The highest BCUT2D eigenvalue weighted by molar-refractivity contribution is 5.95. The Kier molecular flexibility index (Phi) is 2.41. The predicted molar refractivity (Wildman–Crippen MR) is 59.4 cm³/mol. The molecule has 5 heteroatoms. The van der Waals surface area contributed by atoms with E-state index in [-0.39, 0.29) is 16.5 Å². The van der Waals surface area contributed by atoms with E-state index in [0.29, 0.717) is 5.52 Å². The van der Waals surface area contributed by atoms with Gasteiger partial charge in [-0.05, 0) is 18.2 Å². The monoisotopic (exact) mass is 239 g/mol. The molecule has 2 aromatic rings. The number of fused-ring (bicyclic) bond motifs is 1. The molecule has 0 unspecified atom stereocenters. The number of rotatable bonds is 2. The first kappa shape index (κ1) is 11.6. The van der Waals surface area contributed by atoms with Crippen molar-refractivity contribution in [2.75, 3.05) is 0 Å². The average Bonchev–Trinajstić information content (AvgIpc) is 2.55. The Morgan fingerprint density at radius 1 is 1.41 bits per heavy atom. The van der Waals surface area contributed by atoms with Gasteiger partial charge in [-0.25, -0.2) is 13.6 Å². The molecule has 0 aliphatic heterocycles. The van der Waals surface area contributed by atoms with Gasteiger partial charge in [0.05, 0.1) is 5.56 Å². The fraction of sp³-hybridized carbons (Fsp3) is 0.250. The zero-order valence-electron chi connectivity index (χ0n) is 9.37. The van der Waals surface area contributed by atoms with Gasteiger partial charge >= 0.3 is 5.97 Å². The molecule has 1 heterocycles. The summed E-state index contributed by atoms with van der Waals surface area (Å²) >= 11 is 0. The first-order valence-corrected chi connectivity index (χ1v) is 5.01. The third-order valence-corrected chi connectivity index (χ3v) is 2.71. The third-order valence-electron chi connectivity index (χ3n) is 2.71. The van der Waals surface area contributed by atoms with Crippen molar-refractivity contribution in [3.05, 3.63) is 35.5 Å². The van der Waals surface area contributed by atoms with Crippen LogP contribution in [0.1, 0.15) is 22.8 Å². The predicted octanol–water partition coefficient (Wildman–Crippen LogP) is 2.99. The number of nitrogens with zero attached hydrogens (tertiary/aromatic N) is 1. The molecule has 1 aromatic heterocycles. The van der Waals surface area contributed by atoms with Gasteiger partial charge < -0.3 is 9.67 Å². The van der Waals surface area contributed by atoms with Crippen molar-refractivity contribution in [3.63, 3.8) is 0 Å². The van der Waals surface area contributed by atoms with E-state index in [1.54, 1.807) is 11.6 Å². The Morgan fingerprint density at radius 2 is 2.06 bits per heavy atom. The topological polar surface area (TPSA) is 42.2 Å². The second kappa shape index (κ2) is 3.55. The minimum Gasteiger partial charge on any atom is -0.478 e. The summed E-state index contributed by atoms with van der Waals surface area (Å²) in [7, 11) is 1.65. The smallest absolute Gasteiger partial charge is 0.335 e. The van der Waals surface area contributed by atoms with Crippen LogP contribution in [-0.2, 0) is 13.0 Å². The van der Waals surface area contributed by atoms with Gasteiger partial charge in [0, 0.05) is 36.6 Å². The maximum absolute atomic E-state index is 13.4. The minimum atomic E-state index is -2.99. The summed E-state index contributed by atoms with van der Waals surface area (Å²) < 4.78 is 28.3. The highest BCUT2D eigenvalue weighted by atomic mass is 19.3. The minimum absolute atomic E-state index is 0.00852. The van der Waals surface area contributed by atoms with Crippen LogP contribution >= 0.6 is 0 Å². The lowest BCUT2D eigenvalue weighted by molar-refractivity contribution is 0.0189. The van der Waals surface area contributed by atoms with Crippen molar-refractivity contribution in [2.24, 2.45) is 7.05 Å². The summed E-state index contributed by atoms with van der Waals surface area (Å²) in [6.07, 6.45) is 1.33. The number of benzene rings is 1. The Bertz CT molecular complexity index is 596. The van der Waals surface area contributed by atoms with Crippen LogP contribution in [0.25, 0.3) is 10.9 Å². The van der Waals surface area contributed by atoms with E-state index in [1.165, 1.54) is 24.4 Å². The van der Waals surface area contributed by atoms with Crippen LogP contribution in [0, 0.1) is 0 Å². The number of aromatic carboxylic acids is 1. The molecular weight excluding hydrogens is 228 g/mol. The quantitative estimate of drug-likeness (QED) is 0.875. The second-order valence-corrected chi connectivity index (χ2v) is 4.08. The van der Waals surface area contributed by atoms with E-state index < -0.39 is 11.9 Å². The number of carbonyl (C=O) groups is 1. The van der Waals surface area contributed by atoms with E-state index >= 15 is 0 Å². The molecule has 1 aromatic carbocycles. The molecule has 0 aliphatic rings. The van der Waals surface area contributed by atoms with E-state index in [2.05, 4.69) is 0 Å². The molecule has 17 heavy (non-hydrogen) atoms. The average molecular weight is 239 g/mol. The van der Waals surface area contributed by atoms with Gasteiger partial charge in [0.1, 0.15) is 0 Å². The Balaban J connectivity index is 2.78. The van der Waals surface area contributed by atoms with Crippen molar-refractivity contribution in [1.29, 1.82) is 0 Å². The largest absolute Gasteiger partial charge is 0.478 e. The highest BCUT2D eigenvalue weighted by Crippen LogP contribution is 2.34. The maximum Gasteiger partial charge on any atom is 0.335 e. The summed E-state index contributed by atoms with van der Waals surface area (Å²) in [5.41, 5.74) is 0.443. The summed E-state index contributed by atoms with van der Waals surface area (Å²) in [6, 6.07) is 4.22. The lowest BCUT2D eigenvalue weighted by atomic mass is 10.1. The fourth-order valence-electron chi connectivity index (χ4n) is 1.87. The molecule has 3 nitrogen and oxygen atoms in total. The molecule has 0 bridgehead atoms. The number of carboxylic acid groups (broad SMARTS) is 1. The summed E-state index contributed by atoms with van der Waals surface area (Å²) in [4.78, 5) is 10.8. The van der Waals surface area contributed by atoms with Crippen molar-refractivity contribution in [1.82, 2.24) is 4.57 Å². The first-order valence-electron chi connectivity index (χ1n) is 5.01. The van der Waals surface area contributed by atoms with Crippen molar-refractivity contribution >= 4 is 16.9 Å². The zero-order chi connectivity index (χ0) is 12.8. The van der Waals surface area contributed by atoms with E-state index in [4.69, 9.17) is 5.11 Å². The molecule has 0 radical (unpaired) electrons. The Hall–Kier alpha value is -1.91. The Morgan fingerprint density at radius 3 is 2.59 bits per heavy atom. The van der Waals surface area contributed by atoms with Gasteiger partial charge in [-0.1, -0.05) is 0 Å². The molecule has 1 N–H and O–H groups in total. The molecule has 0 saturated heterocycles. The maximum atomic E-state index is 13.4. The normalized spacial score (nSPS) is 12.0. The van der Waals surface area contributed by atoms with Gasteiger partial charge in [0.15, 0.2) is 0 Å². The van der Waals surface area contributed by atoms with Gasteiger partial charge in [0.25, 0.3) is 5.92 Å². The second-order valence-electron chi connectivity index (χ2n) is 4.08. The van der Waals surface area contributed by atoms with Crippen LogP contribution in [0.3, 0.4) is 0 Å². The molecule has 0 fully saturated rings. The van der Waals surface area contributed by atoms with E-state index in [0.717, 1.165) is 6.92 Å². The molecule has 0 atom stereocenters. The van der Waals surface area contributed by atoms with Crippen LogP contribution in [0.4, 0.5) is 8.78 Å². The number of hydrogen-bond donors (Lipinski definition) is 1. The van der Waals surface area contributed by atoms with Crippen LogP contribution in [-0.4, -0.2) is 15.6 Å². The molecule has 0 saturated carbocycles. The molecule has 2 rings (SSSR count). The zero-order valence-corrected chi connectivity index (χ0v) is 9.37. The van der Waals surface area contributed by atoms with Crippen molar-refractivity contribution in [2.45, 2.75) is 12.8 Å². The van der Waals surface area contributed by atoms with Crippen LogP contribution < -0.4 is 0 Å². The van der Waals surface area contributed by atoms with Crippen LogP contribution in [0.2, 0.25) is 0 Å².